The van der Waals surface area contributed by atoms with Crippen molar-refractivity contribution in [3.8, 4) is 0 Å². The molecule has 0 unspecified atom stereocenters. The fraction of sp³-hybridized carbons (Fsp3) is 0.250. The van der Waals surface area contributed by atoms with Gasteiger partial charge in [-0.05, 0) is 31.4 Å². The van der Waals surface area contributed by atoms with Crippen LogP contribution in [0.5, 0.6) is 0 Å². The summed E-state index contributed by atoms with van der Waals surface area (Å²) in [5.74, 6) is -1.30. The molecule has 0 atom stereocenters. The lowest BCUT2D eigenvalue weighted by molar-refractivity contribution is 0.0697. The molecular formula is C12H12N2O4S. The van der Waals surface area contributed by atoms with Gasteiger partial charge < -0.3 is 9.52 Å². The van der Waals surface area contributed by atoms with Gasteiger partial charge in [-0.3, -0.25) is 9.69 Å². The molecule has 0 aliphatic carbocycles. The number of hydrogen-bond acceptors (Lipinski definition) is 5. The molecule has 0 saturated carbocycles. The molecule has 0 saturated heterocycles. The first-order chi connectivity index (χ1) is 8.93. The molecule has 2 rings (SSSR count). The van der Waals surface area contributed by atoms with E-state index in [4.69, 9.17) is 9.52 Å². The van der Waals surface area contributed by atoms with Crippen LogP contribution in [0.25, 0.3) is 0 Å². The molecule has 0 bridgehead atoms. The number of aromatic nitrogens is 1. The van der Waals surface area contributed by atoms with Crippen LogP contribution in [0.1, 0.15) is 32.2 Å². The van der Waals surface area contributed by atoms with E-state index in [1.165, 1.54) is 18.2 Å². The fourth-order valence-electron chi connectivity index (χ4n) is 1.67. The highest BCUT2D eigenvalue weighted by Crippen LogP contribution is 2.29. The van der Waals surface area contributed by atoms with Crippen molar-refractivity contribution in [2.45, 2.75) is 13.8 Å². The Hall–Kier alpha value is -2.15. The Labute approximate surface area is 113 Å². The van der Waals surface area contributed by atoms with E-state index in [0.29, 0.717) is 16.3 Å². The van der Waals surface area contributed by atoms with E-state index >= 15 is 0 Å². The van der Waals surface area contributed by atoms with E-state index < -0.39 is 11.9 Å². The number of carboxylic acids is 1. The van der Waals surface area contributed by atoms with Crippen molar-refractivity contribution in [3.63, 3.8) is 0 Å². The van der Waals surface area contributed by atoms with Gasteiger partial charge in [0.1, 0.15) is 10.6 Å². The zero-order chi connectivity index (χ0) is 14.2. The van der Waals surface area contributed by atoms with E-state index in [0.717, 1.165) is 11.5 Å². The monoisotopic (exact) mass is 280 g/mol. The van der Waals surface area contributed by atoms with Gasteiger partial charge in [0.15, 0.2) is 5.76 Å². The summed E-state index contributed by atoms with van der Waals surface area (Å²) in [5, 5.41) is 9.45. The van der Waals surface area contributed by atoms with E-state index in [2.05, 4.69) is 4.37 Å². The number of carboxylic acid groups (broad SMARTS) is 1. The smallest absolute Gasteiger partial charge is 0.340 e. The van der Waals surface area contributed by atoms with Gasteiger partial charge in [0.05, 0.1) is 12.0 Å². The van der Waals surface area contributed by atoms with Gasteiger partial charge in [-0.2, -0.15) is 4.37 Å². The largest absolute Gasteiger partial charge is 0.478 e. The molecule has 0 spiro atoms. The quantitative estimate of drug-likeness (QED) is 0.932. The number of anilines is 1. The van der Waals surface area contributed by atoms with Crippen molar-refractivity contribution in [2.75, 3.05) is 11.9 Å². The average molecular weight is 280 g/mol. The minimum absolute atomic E-state index is 0.0464. The first-order valence-electron chi connectivity index (χ1n) is 5.45. The lowest BCUT2D eigenvalue weighted by atomic mass is 10.2. The minimum atomic E-state index is -1.10. The molecule has 2 aromatic heterocycles. The molecule has 19 heavy (non-hydrogen) atoms. The topological polar surface area (TPSA) is 83.6 Å². The van der Waals surface area contributed by atoms with E-state index in [1.807, 2.05) is 0 Å². The van der Waals surface area contributed by atoms with Crippen LogP contribution < -0.4 is 4.90 Å². The zero-order valence-corrected chi connectivity index (χ0v) is 11.4. The van der Waals surface area contributed by atoms with Crippen LogP contribution in [-0.2, 0) is 0 Å². The summed E-state index contributed by atoms with van der Waals surface area (Å²) in [5.41, 5.74) is 1.14. The normalized spacial score (nSPS) is 10.5. The molecular weight excluding hydrogens is 268 g/mol. The number of aromatic carboxylic acids is 1. The highest BCUT2D eigenvalue weighted by atomic mass is 32.1. The van der Waals surface area contributed by atoms with Crippen LogP contribution in [0, 0.1) is 13.8 Å². The summed E-state index contributed by atoms with van der Waals surface area (Å²) in [7, 11) is 1.50. The molecule has 0 aromatic carbocycles. The number of rotatable bonds is 3. The molecule has 0 radical (unpaired) electrons. The molecule has 2 aromatic rings. The molecule has 100 valence electrons. The Morgan fingerprint density at radius 3 is 2.63 bits per heavy atom. The second-order valence-corrected chi connectivity index (χ2v) is 4.80. The van der Waals surface area contributed by atoms with Gasteiger partial charge >= 0.3 is 5.97 Å². The molecule has 2 heterocycles. The van der Waals surface area contributed by atoms with Crippen LogP contribution in [0.4, 0.5) is 5.00 Å². The van der Waals surface area contributed by atoms with Crippen molar-refractivity contribution >= 4 is 28.4 Å². The minimum Gasteiger partial charge on any atom is -0.478 e. The maximum atomic E-state index is 12.2. The maximum Gasteiger partial charge on any atom is 0.340 e. The predicted octanol–water partition coefficient (Wildman–Crippen LogP) is 2.33. The van der Waals surface area contributed by atoms with Crippen molar-refractivity contribution < 1.29 is 19.1 Å². The number of carbonyl (C=O) groups excluding carboxylic acids is 1. The average Bonchev–Trinajstić information content (AvgIpc) is 2.93. The predicted molar refractivity (Wildman–Crippen MR) is 70.0 cm³/mol. The Bertz CT molecular complexity index is 644. The number of aryl methyl sites for hydroxylation is 2. The molecule has 0 aliphatic heterocycles. The van der Waals surface area contributed by atoms with Crippen molar-refractivity contribution in [1.29, 1.82) is 0 Å². The summed E-state index contributed by atoms with van der Waals surface area (Å²) < 4.78 is 9.10. The van der Waals surface area contributed by atoms with E-state index in [9.17, 15) is 9.59 Å². The molecule has 0 aliphatic rings. The Balaban J connectivity index is 2.40. The molecule has 7 heteroatoms. The van der Waals surface area contributed by atoms with Crippen molar-refractivity contribution in [2.24, 2.45) is 0 Å². The lowest BCUT2D eigenvalue weighted by Gasteiger charge is -2.14. The third kappa shape index (κ3) is 2.24. The van der Waals surface area contributed by atoms with Gasteiger partial charge in [-0.15, -0.1) is 0 Å². The van der Waals surface area contributed by atoms with Gasteiger partial charge in [0, 0.05) is 12.6 Å². The van der Waals surface area contributed by atoms with Gasteiger partial charge in [-0.1, -0.05) is 0 Å². The first-order valence-corrected chi connectivity index (χ1v) is 6.22. The second-order valence-electron chi connectivity index (χ2n) is 4.05. The van der Waals surface area contributed by atoms with Crippen molar-refractivity contribution in [1.82, 2.24) is 4.37 Å². The first kappa shape index (κ1) is 13.3. The molecule has 1 N–H and O–H groups in total. The van der Waals surface area contributed by atoms with E-state index in [1.54, 1.807) is 19.9 Å². The Morgan fingerprint density at radius 1 is 1.42 bits per heavy atom. The molecule has 0 fully saturated rings. The van der Waals surface area contributed by atoms with Crippen LogP contribution >= 0.6 is 11.5 Å². The lowest BCUT2D eigenvalue weighted by Crippen LogP contribution is -2.27. The van der Waals surface area contributed by atoms with Gasteiger partial charge in [-0.25, -0.2) is 4.79 Å². The second kappa shape index (κ2) is 4.85. The highest BCUT2D eigenvalue weighted by Gasteiger charge is 2.26. The highest BCUT2D eigenvalue weighted by molar-refractivity contribution is 7.11. The zero-order valence-electron chi connectivity index (χ0n) is 10.6. The molecule has 1 amide bonds. The Kier molecular flexibility index (Phi) is 3.39. The third-order valence-electron chi connectivity index (χ3n) is 2.72. The number of furan rings is 1. The summed E-state index contributed by atoms with van der Waals surface area (Å²) in [6.45, 7) is 3.35. The number of amides is 1. The number of hydrogen-bond donors (Lipinski definition) is 1. The van der Waals surface area contributed by atoms with Gasteiger partial charge in [0.2, 0.25) is 0 Å². The van der Waals surface area contributed by atoms with E-state index in [-0.39, 0.29) is 11.3 Å². The Morgan fingerprint density at radius 2 is 2.11 bits per heavy atom. The summed E-state index contributed by atoms with van der Waals surface area (Å²) >= 11 is 0.977. The standard InChI is InChI=1S/C12H12N2O4S/c1-6-4-5-18-9(6)10(15)14(3)11-8(12(16)17)7(2)13-19-11/h4-5H,1-3H3,(H,16,17). The van der Waals surface area contributed by atoms with Gasteiger partial charge in [0.25, 0.3) is 5.91 Å². The van der Waals surface area contributed by atoms with Crippen LogP contribution in [0.3, 0.4) is 0 Å². The van der Waals surface area contributed by atoms with Crippen LogP contribution in [0.2, 0.25) is 0 Å². The fourth-order valence-corrected chi connectivity index (χ4v) is 2.52. The van der Waals surface area contributed by atoms with Crippen molar-refractivity contribution in [3.05, 3.63) is 34.9 Å². The van der Waals surface area contributed by atoms with Crippen LogP contribution in [0.15, 0.2) is 16.7 Å². The van der Waals surface area contributed by atoms with Crippen LogP contribution in [-0.4, -0.2) is 28.4 Å². The summed E-state index contributed by atoms with van der Waals surface area (Å²) in [4.78, 5) is 24.7. The maximum absolute atomic E-state index is 12.2. The number of nitrogens with zero attached hydrogens (tertiary/aromatic N) is 2. The summed E-state index contributed by atoms with van der Waals surface area (Å²) in [6.07, 6.45) is 1.42. The number of carbonyl (C=O) groups is 2. The summed E-state index contributed by atoms with van der Waals surface area (Å²) in [6, 6.07) is 1.68. The third-order valence-corrected chi connectivity index (χ3v) is 3.74. The molecule has 6 nitrogen and oxygen atoms in total. The SMILES string of the molecule is Cc1ccoc1C(=O)N(C)c1snc(C)c1C(=O)O.